The average Bonchev–Trinajstić information content (AvgIpc) is 3.24. The number of pyridine rings is 4. The smallest absolute Gasteiger partial charge is 0.0796 e. The topological polar surface area (TPSA) is 51.6 Å². The summed E-state index contributed by atoms with van der Waals surface area (Å²) in [6.45, 7) is 0. The van der Waals surface area contributed by atoms with E-state index in [1.165, 1.54) is 0 Å². The summed E-state index contributed by atoms with van der Waals surface area (Å²) in [7, 11) is 0. The lowest BCUT2D eigenvalue weighted by molar-refractivity contribution is 0.172. The molecule has 3 unspecified atom stereocenters. The van der Waals surface area contributed by atoms with E-state index in [-0.39, 0.29) is 30.6 Å². The molecule has 0 bridgehead atoms. The molecule has 0 amide bonds. The van der Waals surface area contributed by atoms with Gasteiger partial charge in [-0.25, -0.2) is 0 Å². The first-order chi connectivity index (χ1) is 27.2. The van der Waals surface area contributed by atoms with E-state index < -0.39 is 12.7 Å². The number of hydrogen-bond donors (Lipinski definition) is 0. The predicted molar refractivity (Wildman–Crippen MR) is 214 cm³/mol. The van der Waals surface area contributed by atoms with Crippen LogP contribution in [0.15, 0.2) is 152 Å². The molecule has 3 atom stereocenters. The minimum absolute atomic E-state index is 0.157. The van der Waals surface area contributed by atoms with Crippen molar-refractivity contribution in [2.75, 3.05) is 0 Å². The zero-order valence-electron chi connectivity index (χ0n) is 33.4. The summed E-state index contributed by atoms with van der Waals surface area (Å²) in [5.74, 6) is -0.502. The van der Waals surface area contributed by atoms with Gasteiger partial charge >= 0.3 is 0 Å². The molecule has 0 N–H and O–H groups in total. The van der Waals surface area contributed by atoms with Crippen LogP contribution >= 0.6 is 0 Å². The number of nitrogens with zero attached hydrogens (tertiary/aromatic N) is 4. The molecule has 7 aromatic rings. The van der Waals surface area contributed by atoms with Crippen molar-refractivity contribution in [3.05, 3.63) is 169 Å². The maximum atomic E-state index is 9.63. The van der Waals surface area contributed by atoms with E-state index in [2.05, 4.69) is 29.2 Å². The van der Waals surface area contributed by atoms with Crippen molar-refractivity contribution < 1.29 is 5.48 Å². The van der Waals surface area contributed by atoms with Crippen molar-refractivity contribution in [3.8, 4) is 33.8 Å². The Morgan fingerprint density at radius 1 is 0.481 bits per heavy atom. The van der Waals surface area contributed by atoms with Gasteiger partial charge in [-0.1, -0.05) is 103 Å². The van der Waals surface area contributed by atoms with Gasteiger partial charge in [-0.2, -0.15) is 0 Å². The molecule has 4 heteroatoms. The Balaban J connectivity index is 1.04. The first kappa shape index (κ1) is 29.1. The molecule has 1 saturated carbocycles. The molecule has 0 aliphatic heterocycles. The number of aryl methyl sites for hydroxylation is 3. The SMILES string of the molecule is [2H]C([2H])(Cc1ccc(-c2ccccc2)nc1)C1CC(CCc2ccc(-c3ccccc3)nc2)CC(C([2H])([2H])Cc2cnc(-c3ccccc3)c3cccnc23)C1. The minimum atomic E-state index is -1.61. The Labute approximate surface area is 313 Å². The van der Waals surface area contributed by atoms with Crippen LogP contribution in [0.5, 0.6) is 0 Å². The lowest BCUT2D eigenvalue weighted by Gasteiger charge is -2.35. The first-order valence-corrected chi connectivity index (χ1v) is 18.5. The van der Waals surface area contributed by atoms with Crippen molar-refractivity contribution in [2.45, 2.75) is 57.7 Å². The zero-order valence-corrected chi connectivity index (χ0v) is 29.4. The third-order valence-electron chi connectivity index (χ3n) is 10.4. The van der Waals surface area contributed by atoms with Gasteiger partial charge in [0.05, 0.1) is 22.6 Å². The molecule has 0 radical (unpaired) electrons. The van der Waals surface area contributed by atoms with Crippen LogP contribution in [0.4, 0.5) is 0 Å². The van der Waals surface area contributed by atoms with Gasteiger partial charge in [0.25, 0.3) is 0 Å². The molecule has 4 aromatic heterocycles. The largest absolute Gasteiger partial charge is 0.256 e. The van der Waals surface area contributed by atoms with Crippen LogP contribution in [-0.2, 0) is 19.3 Å². The molecule has 258 valence electrons. The highest BCUT2D eigenvalue weighted by Crippen LogP contribution is 2.40. The first-order valence-electron chi connectivity index (χ1n) is 20.5. The highest BCUT2D eigenvalue weighted by atomic mass is 14.7. The highest BCUT2D eigenvalue weighted by Gasteiger charge is 2.29. The number of fused-ring (bicyclic) bond motifs is 1. The summed E-state index contributed by atoms with van der Waals surface area (Å²) < 4.78 is 38.2. The van der Waals surface area contributed by atoms with Gasteiger partial charge in [-0.3, -0.25) is 19.9 Å². The average molecular weight is 683 g/mol. The Bertz CT molecular complexity index is 2350. The molecule has 1 fully saturated rings. The quantitative estimate of drug-likeness (QED) is 0.129. The number of benzene rings is 3. The predicted octanol–water partition coefficient (Wildman–Crippen LogP) is 11.7. The van der Waals surface area contributed by atoms with Crippen molar-refractivity contribution in [1.29, 1.82) is 0 Å². The second-order valence-electron chi connectivity index (χ2n) is 14.0. The van der Waals surface area contributed by atoms with E-state index in [9.17, 15) is 5.48 Å². The van der Waals surface area contributed by atoms with Gasteiger partial charge in [0.15, 0.2) is 0 Å². The van der Waals surface area contributed by atoms with Gasteiger partial charge < -0.3 is 0 Å². The summed E-state index contributed by atoms with van der Waals surface area (Å²) in [5.41, 5.74) is 9.28. The maximum absolute atomic E-state index is 9.63. The molecule has 0 spiro atoms. The molecular weight excluding hydrogens is 633 g/mol. The molecule has 1 aliphatic carbocycles. The van der Waals surface area contributed by atoms with Crippen molar-refractivity contribution >= 4 is 10.9 Å². The molecular formula is C48H46N4. The van der Waals surface area contributed by atoms with Crippen LogP contribution in [0.3, 0.4) is 0 Å². The third-order valence-corrected chi connectivity index (χ3v) is 10.4. The molecule has 3 aromatic carbocycles. The monoisotopic (exact) mass is 682 g/mol. The van der Waals surface area contributed by atoms with E-state index in [1.807, 2.05) is 109 Å². The summed E-state index contributed by atoms with van der Waals surface area (Å²) in [6, 6.07) is 42.3. The Kier molecular flexibility index (Phi) is 9.10. The molecule has 4 nitrogen and oxygen atoms in total. The molecule has 52 heavy (non-hydrogen) atoms. The van der Waals surface area contributed by atoms with Gasteiger partial charge in [0.1, 0.15) is 0 Å². The van der Waals surface area contributed by atoms with Crippen LogP contribution in [0, 0.1) is 17.8 Å². The fraction of sp³-hybridized carbons (Fsp3) is 0.250. The molecule has 0 saturated heterocycles. The number of aromatic nitrogens is 4. The van der Waals surface area contributed by atoms with E-state index in [4.69, 9.17) is 15.0 Å². The lowest BCUT2D eigenvalue weighted by Crippen LogP contribution is -2.24. The second-order valence-corrected chi connectivity index (χ2v) is 14.0. The summed E-state index contributed by atoms with van der Waals surface area (Å²) >= 11 is 0. The molecule has 4 heterocycles. The van der Waals surface area contributed by atoms with Crippen molar-refractivity contribution in [3.63, 3.8) is 0 Å². The molecule has 8 rings (SSSR count). The zero-order chi connectivity index (χ0) is 38.5. The van der Waals surface area contributed by atoms with Gasteiger partial charge in [0, 0.05) is 52.3 Å². The fourth-order valence-corrected chi connectivity index (χ4v) is 7.63. The lowest BCUT2D eigenvalue weighted by atomic mass is 9.70. The van der Waals surface area contributed by atoms with Crippen LogP contribution in [-0.4, -0.2) is 19.9 Å². The standard InChI is InChI=1S/C48H46N4/c1-4-11-40(12-5-1)45-26-23-35(32-50-45)18-20-37-29-38(21-19-36-24-27-46(51-33-36)41-13-6-2-7-14-41)31-39(30-37)22-25-43-34-52-47(42-15-8-3-9-16-42)44-17-10-28-49-48(43)44/h1-17,23-24,26-28,32-34,37-39H,18-22,25,29-31H2/i20D2,22D2. The van der Waals surface area contributed by atoms with E-state index in [0.29, 0.717) is 19.3 Å². The summed E-state index contributed by atoms with van der Waals surface area (Å²) in [6.07, 6.45) is 8.08. The Hall–Kier alpha value is -5.48. The number of rotatable bonds is 12. The summed E-state index contributed by atoms with van der Waals surface area (Å²) in [4.78, 5) is 19.0. The van der Waals surface area contributed by atoms with E-state index in [1.54, 1.807) is 18.6 Å². The Morgan fingerprint density at radius 2 is 1.04 bits per heavy atom. The van der Waals surface area contributed by atoms with Crippen LogP contribution < -0.4 is 0 Å². The van der Waals surface area contributed by atoms with Crippen molar-refractivity contribution in [2.24, 2.45) is 17.8 Å². The van der Waals surface area contributed by atoms with E-state index in [0.717, 1.165) is 74.2 Å². The third kappa shape index (κ3) is 8.18. The van der Waals surface area contributed by atoms with Gasteiger partial charge in [-0.15, -0.1) is 0 Å². The molecule has 1 aliphatic rings. The van der Waals surface area contributed by atoms with Gasteiger partial charge in [-0.05, 0) is 116 Å². The van der Waals surface area contributed by atoms with E-state index >= 15 is 0 Å². The number of hydrogen-bond acceptors (Lipinski definition) is 4. The minimum Gasteiger partial charge on any atom is -0.256 e. The Morgan fingerprint density at radius 3 is 1.63 bits per heavy atom. The normalized spacial score (nSPS) is 19.0. The summed E-state index contributed by atoms with van der Waals surface area (Å²) in [5, 5.41) is 0.904. The van der Waals surface area contributed by atoms with Crippen molar-refractivity contribution in [1.82, 2.24) is 19.9 Å². The van der Waals surface area contributed by atoms with Crippen LogP contribution in [0.2, 0.25) is 0 Å². The fourth-order valence-electron chi connectivity index (χ4n) is 7.63. The highest BCUT2D eigenvalue weighted by molar-refractivity contribution is 5.93. The maximum Gasteiger partial charge on any atom is 0.0796 e. The van der Waals surface area contributed by atoms with Crippen LogP contribution in [0.25, 0.3) is 44.7 Å². The second kappa shape index (κ2) is 16.2. The van der Waals surface area contributed by atoms with Crippen LogP contribution in [0.1, 0.15) is 60.6 Å². The van der Waals surface area contributed by atoms with Gasteiger partial charge in [0.2, 0.25) is 0 Å².